The first kappa shape index (κ1) is 6.54. The van der Waals surface area contributed by atoms with Crippen LogP contribution in [0, 0.1) is 0 Å². The van der Waals surface area contributed by atoms with Crippen molar-refractivity contribution < 1.29 is 14.9 Å². The van der Waals surface area contributed by atoms with Gasteiger partial charge in [-0.3, -0.25) is 0 Å². The van der Waals surface area contributed by atoms with E-state index >= 15 is 0 Å². The van der Waals surface area contributed by atoms with E-state index in [0.29, 0.717) is 6.04 Å². The maximum Gasteiger partial charge on any atom is 0.353 e. The number of nitrogens with one attached hydrogen (secondary N) is 1. The van der Waals surface area contributed by atoms with Crippen molar-refractivity contribution in [3.8, 4) is 0 Å². The third-order valence-electron chi connectivity index (χ3n) is 2.07. The van der Waals surface area contributed by atoms with Crippen LogP contribution in [0.15, 0.2) is 0 Å². The van der Waals surface area contributed by atoms with Crippen LogP contribution in [0.2, 0.25) is 0 Å². The van der Waals surface area contributed by atoms with Crippen LogP contribution in [0.1, 0.15) is 19.8 Å². The molecule has 0 saturated carbocycles. The predicted octanol–water partition coefficient (Wildman–Crippen LogP) is -0.265. The molecule has 4 nitrogen and oxygen atoms in total. The predicted molar refractivity (Wildman–Crippen MR) is 32.7 cm³/mol. The highest BCUT2D eigenvalue weighted by Gasteiger charge is 2.56. The van der Waals surface area contributed by atoms with E-state index in [1.165, 1.54) is 0 Å². The average Bonchev–Trinajstić information content (AvgIpc) is 2.45. The van der Waals surface area contributed by atoms with Crippen LogP contribution in [-0.4, -0.2) is 23.2 Å². The average molecular weight is 145 g/mol. The molecule has 2 N–H and O–H groups in total. The Bertz CT molecular complexity index is 146. The van der Waals surface area contributed by atoms with Crippen LogP contribution in [0.5, 0.6) is 0 Å². The van der Waals surface area contributed by atoms with Crippen LogP contribution in [0.3, 0.4) is 0 Å². The zero-order chi connectivity index (χ0) is 7.19. The standard InChI is InChI=1S/C6H11NO3/c1-4-2-3-5(7-4)6(8)9-10-6/h4-5,7-8H,2-3H2,1H3/t4-,5-/m1/s1. The van der Waals surface area contributed by atoms with Crippen molar-refractivity contribution in [2.24, 2.45) is 0 Å². The molecule has 0 aromatic heterocycles. The third-order valence-corrected chi connectivity index (χ3v) is 2.07. The van der Waals surface area contributed by atoms with E-state index in [2.05, 4.69) is 22.0 Å². The zero-order valence-electron chi connectivity index (χ0n) is 5.83. The Balaban J connectivity index is 1.95. The molecule has 4 heteroatoms. The molecule has 2 heterocycles. The highest BCUT2D eigenvalue weighted by atomic mass is 17.4. The molecular weight excluding hydrogens is 134 g/mol. The first-order valence-corrected chi connectivity index (χ1v) is 3.56. The summed E-state index contributed by atoms with van der Waals surface area (Å²) < 4.78 is 0. The summed E-state index contributed by atoms with van der Waals surface area (Å²) in [6.45, 7) is 2.08. The lowest BCUT2D eigenvalue weighted by Gasteiger charge is -2.09. The molecule has 0 bridgehead atoms. The quantitative estimate of drug-likeness (QED) is 0.394. The Morgan fingerprint density at radius 3 is 2.60 bits per heavy atom. The van der Waals surface area contributed by atoms with Crippen LogP contribution in [0.4, 0.5) is 0 Å². The Morgan fingerprint density at radius 2 is 2.20 bits per heavy atom. The summed E-state index contributed by atoms with van der Waals surface area (Å²) in [6.07, 6.45) is 1.98. The van der Waals surface area contributed by atoms with Crippen molar-refractivity contribution in [2.45, 2.75) is 37.8 Å². The Hall–Kier alpha value is -0.160. The van der Waals surface area contributed by atoms with Gasteiger partial charge in [-0.05, 0) is 19.8 Å². The molecule has 0 radical (unpaired) electrons. The second kappa shape index (κ2) is 1.92. The van der Waals surface area contributed by atoms with Crippen molar-refractivity contribution in [1.29, 1.82) is 0 Å². The first-order chi connectivity index (χ1) is 4.71. The van der Waals surface area contributed by atoms with Gasteiger partial charge >= 0.3 is 5.97 Å². The number of aliphatic hydroxyl groups is 1. The Labute approximate surface area is 59.1 Å². The lowest BCUT2D eigenvalue weighted by atomic mass is 10.2. The molecule has 0 aromatic carbocycles. The summed E-state index contributed by atoms with van der Waals surface area (Å²) in [5.41, 5.74) is 0. The van der Waals surface area contributed by atoms with E-state index in [1.54, 1.807) is 0 Å². The van der Waals surface area contributed by atoms with Crippen LogP contribution >= 0.6 is 0 Å². The van der Waals surface area contributed by atoms with Crippen molar-refractivity contribution in [3.05, 3.63) is 0 Å². The molecule has 0 amide bonds. The molecule has 0 aliphatic carbocycles. The molecule has 0 aromatic rings. The summed E-state index contributed by atoms with van der Waals surface area (Å²) in [6, 6.07) is 0.421. The van der Waals surface area contributed by atoms with Gasteiger partial charge in [0.25, 0.3) is 0 Å². The van der Waals surface area contributed by atoms with E-state index in [0.717, 1.165) is 12.8 Å². The maximum absolute atomic E-state index is 9.24. The fourth-order valence-corrected chi connectivity index (χ4v) is 1.37. The molecular formula is C6H11NO3. The van der Waals surface area contributed by atoms with E-state index in [9.17, 15) is 5.11 Å². The van der Waals surface area contributed by atoms with Crippen molar-refractivity contribution in [2.75, 3.05) is 0 Å². The van der Waals surface area contributed by atoms with Crippen LogP contribution in [0.25, 0.3) is 0 Å². The highest BCUT2D eigenvalue weighted by molar-refractivity contribution is 4.88. The molecule has 2 rings (SSSR count). The molecule has 2 aliphatic heterocycles. The van der Waals surface area contributed by atoms with Gasteiger partial charge in [-0.2, -0.15) is 9.78 Å². The molecule has 2 atom stereocenters. The first-order valence-electron chi connectivity index (χ1n) is 3.56. The summed E-state index contributed by atoms with van der Waals surface area (Å²) in [4.78, 5) is 8.84. The van der Waals surface area contributed by atoms with E-state index in [1.807, 2.05) is 0 Å². The molecule has 2 saturated heterocycles. The number of hydrogen-bond donors (Lipinski definition) is 2. The summed E-state index contributed by atoms with van der Waals surface area (Å²) >= 11 is 0. The van der Waals surface area contributed by atoms with Gasteiger partial charge in [0.1, 0.15) is 0 Å². The van der Waals surface area contributed by atoms with Crippen molar-refractivity contribution >= 4 is 0 Å². The monoisotopic (exact) mass is 145 g/mol. The summed E-state index contributed by atoms with van der Waals surface area (Å²) in [7, 11) is 0. The minimum atomic E-state index is -1.30. The fourth-order valence-electron chi connectivity index (χ4n) is 1.37. The van der Waals surface area contributed by atoms with E-state index < -0.39 is 5.97 Å². The molecule has 2 fully saturated rings. The van der Waals surface area contributed by atoms with E-state index in [4.69, 9.17) is 0 Å². The lowest BCUT2D eigenvalue weighted by Crippen LogP contribution is -2.39. The largest absolute Gasteiger partial charge is 0.353 e. The van der Waals surface area contributed by atoms with Crippen molar-refractivity contribution in [1.82, 2.24) is 5.32 Å². The van der Waals surface area contributed by atoms with Crippen molar-refractivity contribution in [3.63, 3.8) is 0 Å². The maximum atomic E-state index is 9.24. The minimum absolute atomic E-state index is 0.0394. The van der Waals surface area contributed by atoms with E-state index in [-0.39, 0.29) is 6.04 Å². The third kappa shape index (κ3) is 0.932. The summed E-state index contributed by atoms with van der Waals surface area (Å²) in [5.74, 6) is -1.30. The van der Waals surface area contributed by atoms with Gasteiger partial charge in [0.2, 0.25) is 0 Å². The van der Waals surface area contributed by atoms with Gasteiger partial charge in [0.15, 0.2) is 0 Å². The van der Waals surface area contributed by atoms with Gasteiger partial charge in [-0.15, -0.1) is 0 Å². The van der Waals surface area contributed by atoms with Gasteiger partial charge < -0.3 is 10.4 Å². The molecule has 0 spiro atoms. The fraction of sp³-hybridized carbons (Fsp3) is 1.00. The smallest absolute Gasteiger partial charge is 0.338 e. The number of rotatable bonds is 1. The second-order valence-electron chi connectivity index (χ2n) is 3.00. The van der Waals surface area contributed by atoms with Gasteiger partial charge in [-0.1, -0.05) is 0 Å². The molecule has 58 valence electrons. The minimum Gasteiger partial charge on any atom is -0.338 e. The molecule has 10 heavy (non-hydrogen) atoms. The Morgan fingerprint density at radius 1 is 1.50 bits per heavy atom. The topological polar surface area (TPSA) is 57.3 Å². The Kier molecular flexibility index (Phi) is 1.25. The second-order valence-corrected chi connectivity index (χ2v) is 3.00. The molecule has 0 unspecified atom stereocenters. The van der Waals surface area contributed by atoms with Crippen LogP contribution in [-0.2, 0) is 9.78 Å². The van der Waals surface area contributed by atoms with Crippen LogP contribution < -0.4 is 5.32 Å². The highest BCUT2D eigenvalue weighted by Crippen LogP contribution is 2.34. The molecule has 2 aliphatic rings. The SMILES string of the molecule is C[C@@H]1CC[C@H](C2(O)OO2)N1. The van der Waals surface area contributed by atoms with Gasteiger partial charge in [0.05, 0.1) is 6.04 Å². The number of hydrogen-bond acceptors (Lipinski definition) is 4. The summed E-state index contributed by atoms with van der Waals surface area (Å²) in [5, 5.41) is 12.4. The zero-order valence-corrected chi connectivity index (χ0v) is 5.83. The normalized spacial score (nSPS) is 43.8. The van der Waals surface area contributed by atoms with Gasteiger partial charge in [-0.25, -0.2) is 0 Å². The van der Waals surface area contributed by atoms with Gasteiger partial charge in [0, 0.05) is 6.04 Å². The lowest BCUT2D eigenvalue weighted by molar-refractivity contribution is -0.00344.